The summed E-state index contributed by atoms with van der Waals surface area (Å²) in [6.45, 7) is 0. The Morgan fingerprint density at radius 2 is 2.05 bits per heavy atom. The molecule has 21 heavy (non-hydrogen) atoms. The molecule has 0 N–H and O–H groups in total. The summed E-state index contributed by atoms with van der Waals surface area (Å²) < 4.78 is 5.89. The third kappa shape index (κ3) is 2.90. The summed E-state index contributed by atoms with van der Waals surface area (Å²) >= 11 is 6.16. The Kier molecular flexibility index (Phi) is 3.62. The predicted octanol–water partition coefficient (Wildman–Crippen LogP) is 4.07. The summed E-state index contributed by atoms with van der Waals surface area (Å²) in [7, 11) is 0. The van der Waals surface area contributed by atoms with Gasteiger partial charge in [-0.3, -0.25) is 10.1 Å². The highest BCUT2D eigenvalue weighted by molar-refractivity contribution is 6.31. The van der Waals surface area contributed by atoms with Crippen LogP contribution in [0.15, 0.2) is 42.5 Å². The van der Waals surface area contributed by atoms with Crippen molar-refractivity contribution in [2.24, 2.45) is 0 Å². The van der Waals surface area contributed by atoms with Crippen molar-refractivity contribution in [2.75, 3.05) is 0 Å². The van der Waals surface area contributed by atoms with Gasteiger partial charge in [-0.2, -0.15) is 11.6 Å². The van der Waals surface area contributed by atoms with E-state index < -0.39 is 4.92 Å². The molecule has 1 aliphatic heterocycles. The molecule has 0 saturated carbocycles. The number of nitrogens with zero attached hydrogens (tertiary/aromatic N) is 1. The number of hydrogen-bond donors (Lipinski definition) is 0. The van der Waals surface area contributed by atoms with Gasteiger partial charge in [-0.05, 0) is 22.6 Å². The van der Waals surface area contributed by atoms with Gasteiger partial charge in [0.25, 0.3) is 0 Å². The highest BCUT2D eigenvalue weighted by Crippen LogP contribution is 2.40. The van der Waals surface area contributed by atoms with E-state index in [4.69, 9.17) is 16.3 Å². The number of rotatable bonds is 3. The van der Waals surface area contributed by atoms with Gasteiger partial charge in [-0.15, -0.1) is 12.1 Å². The van der Waals surface area contributed by atoms with Gasteiger partial charge in [0, 0.05) is 17.0 Å². The molecule has 2 aromatic carbocycles. The first-order valence-corrected chi connectivity index (χ1v) is 6.79. The molecular weight excluding hydrogens is 290 g/mol. The van der Waals surface area contributed by atoms with E-state index in [1.54, 1.807) is 12.1 Å². The summed E-state index contributed by atoms with van der Waals surface area (Å²) in [6.07, 6.45) is 4.01. The first-order chi connectivity index (χ1) is 10.1. The molecule has 1 heterocycles. The quantitative estimate of drug-likeness (QED) is 0.372. The third-order valence-electron chi connectivity index (χ3n) is 3.38. The number of nitro groups is 1. The zero-order valence-corrected chi connectivity index (χ0v) is 11.7. The van der Waals surface area contributed by atoms with Gasteiger partial charge in [0.2, 0.25) is 0 Å². The van der Waals surface area contributed by atoms with E-state index in [0.29, 0.717) is 0 Å². The van der Waals surface area contributed by atoms with Crippen LogP contribution >= 0.6 is 11.6 Å². The molecule has 106 valence electrons. The molecule has 0 fully saturated rings. The fourth-order valence-corrected chi connectivity index (χ4v) is 2.59. The summed E-state index contributed by atoms with van der Waals surface area (Å²) in [5, 5.41) is 11.0. The first kappa shape index (κ1) is 13.6. The molecule has 3 rings (SSSR count). The summed E-state index contributed by atoms with van der Waals surface area (Å²) in [6, 6.07) is 13.0. The maximum Gasteiger partial charge on any atom is 0.128 e. The highest BCUT2D eigenvalue weighted by atomic mass is 35.5. The van der Waals surface area contributed by atoms with Crippen LogP contribution < -0.4 is 4.74 Å². The van der Waals surface area contributed by atoms with E-state index >= 15 is 0 Å². The van der Waals surface area contributed by atoms with Crippen LogP contribution in [0.5, 0.6) is 5.75 Å². The normalized spacial score (nSPS) is 16.7. The SMILES string of the molecule is O=[N+]([O-])[C-]=Cc1ccc(C2Cc3c(Cl)cccc3O2)cc1. The summed E-state index contributed by atoms with van der Waals surface area (Å²) in [4.78, 5) is 9.63. The predicted molar refractivity (Wildman–Crippen MR) is 79.7 cm³/mol. The van der Waals surface area contributed by atoms with E-state index in [1.165, 1.54) is 6.08 Å². The molecule has 0 aromatic heterocycles. The zero-order chi connectivity index (χ0) is 14.8. The van der Waals surface area contributed by atoms with Crippen LogP contribution in [0, 0.1) is 16.3 Å². The van der Waals surface area contributed by atoms with Gasteiger partial charge in [0.05, 0.1) is 0 Å². The standard InChI is InChI=1S/C16H11ClNO3/c17-14-2-1-3-15-13(14)10-16(21-15)12-6-4-11(5-7-12)8-9-18(19)20/h1-8,16H,10H2/q-1. The van der Waals surface area contributed by atoms with E-state index in [9.17, 15) is 10.1 Å². The maximum atomic E-state index is 10.2. The lowest BCUT2D eigenvalue weighted by molar-refractivity contribution is -0.417. The smallest absolute Gasteiger partial charge is 0.128 e. The molecule has 1 atom stereocenters. The van der Waals surface area contributed by atoms with Crippen molar-refractivity contribution in [3.8, 4) is 5.75 Å². The van der Waals surface area contributed by atoms with Crippen LogP contribution in [0.3, 0.4) is 0 Å². The van der Waals surface area contributed by atoms with Crippen molar-refractivity contribution in [2.45, 2.75) is 12.5 Å². The molecule has 0 bridgehead atoms. The molecule has 1 unspecified atom stereocenters. The lowest BCUT2D eigenvalue weighted by Crippen LogP contribution is -2.02. The monoisotopic (exact) mass is 300 g/mol. The van der Waals surface area contributed by atoms with Crippen LogP contribution in [0.2, 0.25) is 5.02 Å². The van der Waals surface area contributed by atoms with Gasteiger partial charge >= 0.3 is 0 Å². The van der Waals surface area contributed by atoms with Crippen LogP contribution in [-0.2, 0) is 6.42 Å². The number of ether oxygens (including phenoxy) is 1. The molecule has 0 saturated heterocycles. The van der Waals surface area contributed by atoms with Crippen molar-refractivity contribution in [1.29, 1.82) is 0 Å². The van der Waals surface area contributed by atoms with E-state index in [2.05, 4.69) is 0 Å². The van der Waals surface area contributed by atoms with E-state index in [0.717, 1.165) is 33.9 Å². The first-order valence-electron chi connectivity index (χ1n) is 6.41. The van der Waals surface area contributed by atoms with Crippen LogP contribution in [0.4, 0.5) is 0 Å². The van der Waals surface area contributed by atoms with Crippen molar-refractivity contribution < 1.29 is 9.66 Å². The van der Waals surface area contributed by atoms with E-state index in [1.807, 2.05) is 36.5 Å². The van der Waals surface area contributed by atoms with Gasteiger partial charge < -0.3 is 4.74 Å². The number of fused-ring (bicyclic) bond motifs is 1. The number of benzene rings is 2. The summed E-state index contributed by atoms with van der Waals surface area (Å²) in [5.74, 6) is 0.818. The molecule has 0 radical (unpaired) electrons. The Bertz CT molecular complexity index is 710. The Hall–Kier alpha value is -2.33. The zero-order valence-electron chi connectivity index (χ0n) is 11.0. The molecule has 0 spiro atoms. The minimum absolute atomic E-state index is 0.0718. The second kappa shape index (κ2) is 5.58. The number of halogens is 1. The largest absolute Gasteiger partial charge is 0.485 e. The summed E-state index contributed by atoms with van der Waals surface area (Å²) in [5.41, 5.74) is 2.76. The average molecular weight is 301 g/mol. The minimum atomic E-state index is -0.605. The molecule has 0 aliphatic carbocycles. The Balaban J connectivity index is 1.78. The van der Waals surface area contributed by atoms with Crippen LogP contribution in [0.25, 0.3) is 6.08 Å². The average Bonchev–Trinajstić information content (AvgIpc) is 2.91. The fourth-order valence-electron chi connectivity index (χ4n) is 2.35. The van der Waals surface area contributed by atoms with Crippen molar-refractivity contribution >= 4 is 17.7 Å². The molecule has 4 nitrogen and oxygen atoms in total. The number of hydrogen-bond acceptors (Lipinski definition) is 3. The highest BCUT2D eigenvalue weighted by Gasteiger charge is 2.25. The van der Waals surface area contributed by atoms with Crippen molar-refractivity contribution in [3.05, 3.63) is 80.5 Å². The minimum Gasteiger partial charge on any atom is -0.485 e. The van der Waals surface area contributed by atoms with Crippen molar-refractivity contribution in [3.63, 3.8) is 0 Å². The van der Waals surface area contributed by atoms with Crippen molar-refractivity contribution in [1.82, 2.24) is 0 Å². The Morgan fingerprint density at radius 3 is 2.71 bits per heavy atom. The van der Waals surface area contributed by atoms with Crippen LogP contribution in [0.1, 0.15) is 22.8 Å². The second-order valence-corrected chi connectivity index (χ2v) is 5.13. The van der Waals surface area contributed by atoms with Crippen LogP contribution in [-0.4, -0.2) is 4.92 Å². The fraction of sp³-hybridized carbons (Fsp3) is 0.125. The molecule has 0 amide bonds. The maximum absolute atomic E-state index is 10.2. The van der Waals surface area contributed by atoms with Gasteiger partial charge in [-0.1, -0.05) is 29.8 Å². The van der Waals surface area contributed by atoms with Gasteiger partial charge in [0.1, 0.15) is 18.1 Å². The topological polar surface area (TPSA) is 52.4 Å². The van der Waals surface area contributed by atoms with Gasteiger partial charge in [0.15, 0.2) is 0 Å². The van der Waals surface area contributed by atoms with Gasteiger partial charge in [-0.25, -0.2) is 0 Å². The Labute approximate surface area is 126 Å². The molecule has 2 aromatic rings. The molecule has 1 aliphatic rings. The lowest BCUT2D eigenvalue weighted by atomic mass is 10.0. The second-order valence-electron chi connectivity index (χ2n) is 4.72. The molecular formula is C16H11ClNO3-. The third-order valence-corrected chi connectivity index (χ3v) is 3.73. The lowest BCUT2D eigenvalue weighted by Gasteiger charge is -2.12. The van der Waals surface area contributed by atoms with E-state index in [-0.39, 0.29) is 6.10 Å². The Morgan fingerprint density at radius 1 is 1.29 bits per heavy atom. The molecule has 5 heteroatoms.